The molecule has 0 amide bonds. The lowest BCUT2D eigenvalue weighted by molar-refractivity contribution is 0.0526. The Morgan fingerprint density at radius 3 is 3.00 bits per heavy atom. The Labute approximate surface area is 98.3 Å². The summed E-state index contributed by atoms with van der Waals surface area (Å²) in [4.78, 5) is 15.8. The first-order chi connectivity index (χ1) is 8.17. The van der Waals surface area contributed by atoms with Crippen LogP contribution in [0.4, 0.5) is 5.95 Å². The number of aryl methyl sites for hydroxylation is 1. The van der Waals surface area contributed by atoms with E-state index in [0.717, 1.165) is 5.52 Å². The van der Waals surface area contributed by atoms with Crippen LogP contribution >= 0.6 is 0 Å². The van der Waals surface area contributed by atoms with Crippen molar-refractivity contribution in [1.29, 1.82) is 0 Å². The molecule has 2 rings (SSSR count). The molecule has 17 heavy (non-hydrogen) atoms. The molecular weight excluding hydrogens is 220 g/mol. The van der Waals surface area contributed by atoms with Gasteiger partial charge < -0.3 is 9.30 Å². The molecule has 0 saturated carbocycles. The molecule has 0 saturated heterocycles. The van der Waals surface area contributed by atoms with Crippen LogP contribution in [0.3, 0.4) is 0 Å². The second kappa shape index (κ2) is 4.42. The van der Waals surface area contributed by atoms with Crippen molar-refractivity contribution in [3.05, 3.63) is 23.8 Å². The molecule has 0 radical (unpaired) electrons. The zero-order valence-electron chi connectivity index (χ0n) is 9.73. The van der Waals surface area contributed by atoms with Gasteiger partial charge in [0.25, 0.3) is 0 Å². The average Bonchev–Trinajstić information content (AvgIpc) is 2.66. The fourth-order valence-electron chi connectivity index (χ4n) is 1.67. The van der Waals surface area contributed by atoms with Gasteiger partial charge in [-0.15, -0.1) is 0 Å². The molecule has 6 heteroatoms. The molecule has 0 aliphatic heterocycles. The number of hydrogen-bond acceptors (Lipinski definition) is 5. The lowest BCUT2D eigenvalue weighted by Crippen LogP contribution is -2.11. The van der Waals surface area contributed by atoms with Gasteiger partial charge in [-0.05, 0) is 25.1 Å². The molecule has 3 N–H and O–H groups in total. The number of hydrogen-bond donors (Lipinski definition) is 2. The van der Waals surface area contributed by atoms with Gasteiger partial charge in [0, 0.05) is 7.05 Å². The van der Waals surface area contributed by atoms with Crippen LogP contribution in [0.5, 0.6) is 0 Å². The van der Waals surface area contributed by atoms with Gasteiger partial charge in [-0.2, -0.15) is 0 Å². The van der Waals surface area contributed by atoms with Crippen LogP contribution in [0.1, 0.15) is 17.3 Å². The van der Waals surface area contributed by atoms with Crippen molar-refractivity contribution < 1.29 is 9.53 Å². The molecule has 0 aliphatic carbocycles. The van der Waals surface area contributed by atoms with E-state index in [-0.39, 0.29) is 5.97 Å². The van der Waals surface area contributed by atoms with Crippen molar-refractivity contribution in [3.63, 3.8) is 0 Å². The van der Waals surface area contributed by atoms with Crippen LogP contribution in [-0.2, 0) is 11.8 Å². The number of aromatic nitrogens is 2. The minimum atomic E-state index is -0.345. The van der Waals surface area contributed by atoms with Crippen LogP contribution in [0.25, 0.3) is 11.0 Å². The normalized spacial score (nSPS) is 10.5. The van der Waals surface area contributed by atoms with E-state index in [1.54, 1.807) is 19.1 Å². The highest BCUT2D eigenvalue weighted by Gasteiger charge is 2.11. The molecular formula is C11H14N4O2. The highest BCUT2D eigenvalue weighted by molar-refractivity contribution is 5.94. The Morgan fingerprint density at radius 2 is 2.35 bits per heavy atom. The van der Waals surface area contributed by atoms with Crippen molar-refractivity contribution in [3.8, 4) is 0 Å². The van der Waals surface area contributed by atoms with Crippen LogP contribution in [0, 0.1) is 0 Å². The monoisotopic (exact) mass is 234 g/mol. The van der Waals surface area contributed by atoms with E-state index in [9.17, 15) is 4.79 Å². The van der Waals surface area contributed by atoms with Gasteiger partial charge in [0.15, 0.2) is 0 Å². The van der Waals surface area contributed by atoms with Crippen molar-refractivity contribution in [2.45, 2.75) is 6.92 Å². The summed E-state index contributed by atoms with van der Waals surface area (Å²) in [6.45, 7) is 2.13. The van der Waals surface area contributed by atoms with Gasteiger partial charge in [0.05, 0.1) is 23.2 Å². The maximum atomic E-state index is 11.6. The third-order valence-corrected chi connectivity index (χ3v) is 2.52. The zero-order chi connectivity index (χ0) is 12.4. The number of rotatable bonds is 3. The molecule has 0 spiro atoms. The molecule has 0 bridgehead atoms. The SMILES string of the molecule is CCOC(=O)c1ccc2c(c1)nc(NN)n2C. The quantitative estimate of drug-likeness (QED) is 0.471. The van der Waals surface area contributed by atoms with Crippen molar-refractivity contribution in [2.75, 3.05) is 12.0 Å². The molecule has 0 unspecified atom stereocenters. The van der Waals surface area contributed by atoms with Gasteiger partial charge in [-0.25, -0.2) is 15.6 Å². The van der Waals surface area contributed by atoms with Crippen LogP contribution in [0.2, 0.25) is 0 Å². The Bertz CT molecular complexity index is 562. The number of esters is 1. The number of nitrogens with one attached hydrogen (secondary N) is 1. The zero-order valence-corrected chi connectivity index (χ0v) is 9.73. The number of fused-ring (bicyclic) bond motifs is 1. The maximum absolute atomic E-state index is 11.6. The topological polar surface area (TPSA) is 82.2 Å². The van der Waals surface area contributed by atoms with Crippen LogP contribution in [-0.4, -0.2) is 22.1 Å². The van der Waals surface area contributed by atoms with Gasteiger partial charge >= 0.3 is 5.97 Å². The fourth-order valence-corrected chi connectivity index (χ4v) is 1.67. The van der Waals surface area contributed by atoms with E-state index >= 15 is 0 Å². The number of carbonyl (C=O) groups excluding carboxylic acids is 1. The number of anilines is 1. The second-order valence-electron chi connectivity index (χ2n) is 3.56. The number of nitrogen functional groups attached to an aromatic ring is 1. The third kappa shape index (κ3) is 1.94. The Hall–Kier alpha value is -2.08. The smallest absolute Gasteiger partial charge is 0.338 e. The minimum Gasteiger partial charge on any atom is -0.462 e. The molecule has 1 aromatic heterocycles. The largest absolute Gasteiger partial charge is 0.462 e. The molecule has 6 nitrogen and oxygen atoms in total. The molecule has 0 fully saturated rings. The summed E-state index contributed by atoms with van der Waals surface area (Å²) in [7, 11) is 1.84. The first kappa shape index (κ1) is 11.4. The third-order valence-electron chi connectivity index (χ3n) is 2.52. The predicted octanol–water partition coefficient (Wildman–Crippen LogP) is 1.04. The highest BCUT2D eigenvalue weighted by Crippen LogP contribution is 2.19. The number of nitrogens with two attached hydrogens (primary N) is 1. The van der Waals surface area contributed by atoms with E-state index in [1.807, 2.05) is 17.7 Å². The lowest BCUT2D eigenvalue weighted by Gasteiger charge is -2.02. The first-order valence-electron chi connectivity index (χ1n) is 5.27. The fraction of sp³-hybridized carbons (Fsp3) is 0.273. The number of hydrazine groups is 1. The summed E-state index contributed by atoms with van der Waals surface area (Å²) < 4.78 is 6.74. The minimum absolute atomic E-state index is 0.345. The van der Waals surface area contributed by atoms with Gasteiger partial charge in [-0.3, -0.25) is 5.43 Å². The van der Waals surface area contributed by atoms with Gasteiger partial charge in [-0.1, -0.05) is 0 Å². The van der Waals surface area contributed by atoms with E-state index in [1.165, 1.54) is 0 Å². The molecule has 90 valence electrons. The van der Waals surface area contributed by atoms with Crippen LogP contribution in [0.15, 0.2) is 18.2 Å². The Morgan fingerprint density at radius 1 is 1.59 bits per heavy atom. The molecule has 2 aromatic rings. The molecule has 1 heterocycles. The van der Waals surface area contributed by atoms with Crippen LogP contribution < -0.4 is 11.3 Å². The summed E-state index contributed by atoms with van der Waals surface area (Å²) in [6.07, 6.45) is 0. The number of imidazole rings is 1. The van der Waals surface area contributed by atoms with E-state index < -0.39 is 0 Å². The molecule has 0 aliphatic rings. The Balaban J connectivity index is 2.47. The summed E-state index contributed by atoms with van der Waals surface area (Å²) in [5.41, 5.74) is 4.58. The highest BCUT2D eigenvalue weighted by atomic mass is 16.5. The van der Waals surface area contributed by atoms with Crippen molar-refractivity contribution >= 4 is 23.0 Å². The van der Waals surface area contributed by atoms with E-state index in [0.29, 0.717) is 23.6 Å². The van der Waals surface area contributed by atoms with E-state index in [2.05, 4.69) is 10.4 Å². The molecule has 0 atom stereocenters. The van der Waals surface area contributed by atoms with Crippen molar-refractivity contribution in [2.24, 2.45) is 12.9 Å². The number of benzene rings is 1. The summed E-state index contributed by atoms with van der Waals surface area (Å²) in [5, 5.41) is 0. The number of ether oxygens (including phenoxy) is 1. The van der Waals surface area contributed by atoms with E-state index in [4.69, 9.17) is 10.6 Å². The summed E-state index contributed by atoms with van der Waals surface area (Å²) >= 11 is 0. The van der Waals surface area contributed by atoms with Gasteiger partial charge in [0.2, 0.25) is 5.95 Å². The average molecular weight is 234 g/mol. The second-order valence-corrected chi connectivity index (χ2v) is 3.56. The van der Waals surface area contributed by atoms with Crippen molar-refractivity contribution in [1.82, 2.24) is 9.55 Å². The summed E-state index contributed by atoms with van der Waals surface area (Å²) in [5.74, 6) is 5.53. The maximum Gasteiger partial charge on any atom is 0.338 e. The lowest BCUT2D eigenvalue weighted by atomic mass is 10.2. The predicted molar refractivity (Wildman–Crippen MR) is 64.5 cm³/mol. The number of nitrogens with zero attached hydrogens (tertiary/aromatic N) is 2. The summed E-state index contributed by atoms with van der Waals surface area (Å²) in [6, 6.07) is 5.21. The standard InChI is InChI=1S/C11H14N4O2/c1-3-17-10(16)7-4-5-9-8(6-7)13-11(14-12)15(9)2/h4-6H,3,12H2,1-2H3,(H,13,14). The first-order valence-corrected chi connectivity index (χ1v) is 5.27. The Kier molecular flexibility index (Phi) is 2.97. The number of carbonyl (C=O) groups is 1. The van der Waals surface area contributed by atoms with Gasteiger partial charge in [0.1, 0.15) is 0 Å². The molecule has 1 aromatic carbocycles.